The average Bonchev–Trinajstić information content (AvgIpc) is 3.76. The number of rotatable bonds is 11. The number of carbonyl (C=O) groups is 3. The zero-order valence-electron chi connectivity index (χ0n) is 35.2. The number of aromatic nitrogens is 5. The number of hydrogen-bond acceptors (Lipinski definition) is 17. The minimum atomic E-state index is -4.60. The van der Waals surface area contributed by atoms with Gasteiger partial charge in [-0.25, -0.2) is 32.1 Å². The van der Waals surface area contributed by atoms with Crippen LogP contribution < -0.4 is 38.7 Å². The monoisotopic (exact) mass is 978 g/mol. The molecular weight excluding hydrogens is 939 g/mol. The molecule has 3 N–H and O–H groups in total. The van der Waals surface area contributed by atoms with Crippen LogP contribution in [0.4, 0.5) is 26.5 Å². The molecule has 0 atom stereocenters. The fraction of sp³-hybridized carbons (Fsp3) is 0.316. The summed E-state index contributed by atoms with van der Waals surface area (Å²) in [6, 6.07) is 9.65. The van der Waals surface area contributed by atoms with E-state index in [1.807, 2.05) is 9.88 Å². The smallest absolute Gasteiger partial charge is 0.341 e. The quantitative estimate of drug-likeness (QED) is 0.160. The Morgan fingerprint density at radius 1 is 1.14 bits per heavy atom. The summed E-state index contributed by atoms with van der Waals surface area (Å²) < 4.78 is 88.5. The molecule has 3 aromatic heterocycles. The van der Waals surface area contributed by atoms with E-state index in [-0.39, 0.29) is 51.6 Å². The molecule has 0 fully saturated rings. The number of ether oxygens (including phenoxy) is 4. The number of hydrogen-bond donors (Lipinski definition) is 3. The molecule has 3 amide bonds. The molecule has 0 radical (unpaired) electrons. The molecule has 5 heterocycles. The van der Waals surface area contributed by atoms with Gasteiger partial charge < -0.3 is 28.6 Å². The van der Waals surface area contributed by atoms with Gasteiger partial charge in [-0.1, -0.05) is 35.1 Å². The highest BCUT2D eigenvalue weighted by atomic mass is 35.5. The number of halogens is 2. The minimum absolute atomic E-state index is 0.00654. The van der Waals surface area contributed by atoms with Crippen LogP contribution >= 0.6 is 23.1 Å². The summed E-state index contributed by atoms with van der Waals surface area (Å²) >= 11 is 7.22. The number of methoxy groups -OCH3 is 2. The van der Waals surface area contributed by atoms with Crippen molar-refractivity contribution in [2.24, 2.45) is 10.4 Å². The van der Waals surface area contributed by atoms with Crippen LogP contribution in [0.5, 0.6) is 23.3 Å². The third-order valence-electron chi connectivity index (χ3n) is 8.82. The molecule has 346 valence electrons. The summed E-state index contributed by atoms with van der Waals surface area (Å²) in [5, 5.41) is 11.9. The summed E-state index contributed by atoms with van der Waals surface area (Å²) in [7, 11) is -5.27. The van der Waals surface area contributed by atoms with E-state index in [4.69, 9.17) is 42.1 Å². The first kappa shape index (κ1) is 49.4. The predicted octanol–water partition coefficient (Wildman–Crippen LogP) is 3.36. The maximum absolute atomic E-state index is 14.5. The fourth-order valence-electron chi connectivity index (χ4n) is 5.77. The maximum atomic E-state index is 14.5. The summed E-state index contributed by atoms with van der Waals surface area (Å²) in [5.41, 5.74) is 1.24. The van der Waals surface area contributed by atoms with E-state index < -0.39 is 44.7 Å². The number of carboxylic acids is 1. The second kappa shape index (κ2) is 20.5. The summed E-state index contributed by atoms with van der Waals surface area (Å²) in [5.74, 6) is 2.12. The first-order valence-corrected chi connectivity index (χ1v) is 22.9. The number of sulfonamides is 1. The number of nitrogens with zero attached hydrogens (tertiary/aromatic N) is 8. The van der Waals surface area contributed by atoms with Crippen molar-refractivity contribution in [2.45, 2.75) is 26.8 Å². The van der Waals surface area contributed by atoms with Gasteiger partial charge in [-0.3, -0.25) is 20.0 Å². The number of anilines is 2. The van der Waals surface area contributed by atoms with Crippen molar-refractivity contribution in [3.63, 3.8) is 0 Å². The van der Waals surface area contributed by atoms with E-state index in [1.165, 1.54) is 53.6 Å². The van der Waals surface area contributed by atoms with Crippen molar-refractivity contribution in [1.82, 2.24) is 32.3 Å². The summed E-state index contributed by atoms with van der Waals surface area (Å²) in [4.78, 5) is 52.3. The standard InChI is InChI=1S/C18H17FN4O2S.C11H8ClNO3.C9H15N5O7S2/c1-4-5-22-13-7-12(11(19)6-14(13)25-9-16(22)24)20-17-23-10-18(2,3)8-15(23)21-26-17;12-8-3-4-9(16-6-10(14)15)11-7(8)2-1-5-13-11;1-14(22(4,16)17)23(18,19)13-9(15)12-8-10-6(20-2)5-7(11-8)21-3/h1,6-7H,5,8-10H2,2-3H3;1-5H,6H2,(H,14,15);5H,1-4H3,(H2,10,11,12,13,15). The molecule has 0 bridgehead atoms. The lowest BCUT2D eigenvalue weighted by Gasteiger charge is -2.28. The minimum Gasteiger partial charge on any atom is -0.481 e. The Bertz CT molecular complexity index is 2960. The Labute approximate surface area is 380 Å². The number of terminal acetylenes is 1. The third kappa shape index (κ3) is 12.5. The van der Waals surface area contributed by atoms with Gasteiger partial charge in [-0.2, -0.15) is 22.8 Å². The van der Waals surface area contributed by atoms with Crippen molar-refractivity contribution in [1.29, 1.82) is 0 Å². The fourth-order valence-corrected chi connectivity index (χ4v) is 8.69. The third-order valence-corrected chi connectivity index (χ3v) is 13.4. The largest absolute Gasteiger partial charge is 0.481 e. The molecule has 0 spiro atoms. The van der Waals surface area contributed by atoms with Gasteiger partial charge in [0, 0.05) is 49.2 Å². The van der Waals surface area contributed by atoms with Crippen LogP contribution in [0.2, 0.25) is 5.02 Å². The lowest BCUT2D eigenvalue weighted by Crippen LogP contribution is -2.45. The second-order valence-electron chi connectivity index (χ2n) is 14.3. The Morgan fingerprint density at radius 3 is 2.46 bits per heavy atom. The van der Waals surface area contributed by atoms with Crippen LogP contribution in [0, 0.1) is 23.6 Å². The molecule has 5 aromatic rings. The first-order chi connectivity index (χ1) is 30.5. The van der Waals surface area contributed by atoms with E-state index in [9.17, 15) is 35.6 Å². The van der Waals surface area contributed by atoms with Crippen molar-refractivity contribution in [2.75, 3.05) is 57.5 Å². The van der Waals surface area contributed by atoms with E-state index in [2.05, 4.69) is 44.1 Å². The normalized spacial score (nSPS) is 14.1. The highest BCUT2D eigenvalue weighted by Gasteiger charge is 2.32. The van der Waals surface area contributed by atoms with Crippen molar-refractivity contribution >= 4 is 89.5 Å². The highest BCUT2D eigenvalue weighted by molar-refractivity contribution is 8.03. The van der Waals surface area contributed by atoms with E-state index in [0.29, 0.717) is 38.8 Å². The predicted molar refractivity (Wildman–Crippen MR) is 235 cm³/mol. The van der Waals surface area contributed by atoms with Gasteiger partial charge in [0.2, 0.25) is 32.5 Å². The number of nitrogens with one attached hydrogen (secondary N) is 2. The number of aliphatic carboxylic acids is 1. The number of carboxylic acid groups (broad SMARTS) is 1. The Hall–Kier alpha value is -6.66. The van der Waals surface area contributed by atoms with Crippen LogP contribution in [-0.4, -0.2) is 115 Å². The molecule has 27 heteroatoms. The van der Waals surface area contributed by atoms with Crippen molar-refractivity contribution in [3.8, 4) is 35.6 Å². The van der Waals surface area contributed by atoms with Gasteiger partial charge in [-0.15, -0.1) is 6.42 Å². The molecule has 7 rings (SSSR count). The van der Waals surface area contributed by atoms with Crippen LogP contribution in [0.3, 0.4) is 0 Å². The zero-order chi connectivity index (χ0) is 47.9. The molecule has 0 aliphatic carbocycles. The van der Waals surface area contributed by atoms with Gasteiger partial charge in [0.1, 0.15) is 28.5 Å². The zero-order valence-corrected chi connectivity index (χ0v) is 38.4. The molecule has 65 heavy (non-hydrogen) atoms. The Morgan fingerprint density at radius 2 is 1.83 bits per heavy atom. The highest BCUT2D eigenvalue weighted by Crippen LogP contribution is 2.38. The lowest BCUT2D eigenvalue weighted by atomic mass is 9.92. The number of fused-ring (bicyclic) bond motifs is 3. The number of pyridine rings is 1. The summed E-state index contributed by atoms with van der Waals surface area (Å²) in [6.45, 7) is 4.66. The molecule has 0 saturated heterocycles. The second-order valence-corrected chi connectivity index (χ2v) is 19.4. The average molecular weight is 979 g/mol. The van der Waals surface area contributed by atoms with Gasteiger partial charge in [0.05, 0.1) is 43.8 Å². The van der Waals surface area contributed by atoms with Gasteiger partial charge in [0.15, 0.2) is 19.0 Å². The van der Waals surface area contributed by atoms with Gasteiger partial charge >= 0.3 is 22.2 Å². The lowest BCUT2D eigenvalue weighted by molar-refractivity contribution is -0.139. The Balaban J connectivity index is 0.000000188. The number of amides is 3. The molecule has 2 aliphatic heterocycles. The van der Waals surface area contributed by atoms with Crippen molar-refractivity contribution in [3.05, 3.63) is 70.1 Å². The van der Waals surface area contributed by atoms with E-state index in [1.54, 1.807) is 30.5 Å². The topological polar surface area (TPSA) is 276 Å². The SMILES string of the molecule is C#CCN1C(=O)COc2cc(F)c(N=c3snc4n3CC(C)(C)C4)cc21.COc1cc(OC)nc(NC(=O)NS(=O)(=O)N(C)S(C)(=O)=O)n1.O=C(O)COc1ccc(Cl)c2cccnc12. The number of carbonyl (C=O) groups excluding carboxylic acids is 2. The Kier molecular flexibility index (Phi) is 15.5. The summed E-state index contributed by atoms with van der Waals surface area (Å²) in [6.07, 6.45) is 8.49. The van der Waals surface area contributed by atoms with Crippen LogP contribution in [-0.2, 0) is 42.8 Å². The maximum Gasteiger partial charge on any atom is 0.341 e. The molecule has 0 saturated carbocycles. The molecular formula is C38H40ClFN10O12S3. The van der Waals surface area contributed by atoms with Crippen LogP contribution in [0.1, 0.15) is 19.7 Å². The molecule has 0 unspecified atom stereocenters. The first-order valence-electron chi connectivity index (χ1n) is 18.5. The van der Waals surface area contributed by atoms with Crippen molar-refractivity contribution < 1.29 is 59.7 Å². The van der Waals surface area contributed by atoms with E-state index in [0.717, 1.165) is 31.2 Å². The van der Waals surface area contributed by atoms with Crippen LogP contribution in [0.15, 0.2) is 53.7 Å². The van der Waals surface area contributed by atoms with Crippen LogP contribution in [0.25, 0.3) is 10.9 Å². The molecule has 2 aliphatic rings. The molecule has 22 nitrogen and oxygen atoms in total. The number of urea groups is 1. The number of benzene rings is 2. The van der Waals surface area contributed by atoms with Gasteiger partial charge in [-0.05, 0) is 35.7 Å². The van der Waals surface area contributed by atoms with E-state index >= 15 is 0 Å². The molecule has 2 aromatic carbocycles. The van der Waals surface area contributed by atoms with Gasteiger partial charge in [0.25, 0.3) is 5.91 Å².